The van der Waals surface area contributed by atoms with Crippen LogP contribution in [0.15, 0.2) is 18.2 Å². The second-order valence-corrected chi connectivity index (χ2v) is 6.94. The first kappa shape index (κ1) is 14.8. The number of carbonyl (C=O) groups excluding carboxylic acids is 1. The van der Waals surface area contributed by atoms with E-state index in [-0.39, 0.29) is 23.5 Å². The summed E-state index contributed by atoms with van der Waals surface area (Å²) in [6, 6.07) is 3.15. The zero-order valence-electron chi connectivity index (χ0n) is 12.6. The molecular weight excluding hydrogens is 309 g/mol. The number of alkyl halides is 3. The van der Waals surface area contributed by atoms with Gasteiger partial charge in [-0.25, -0.2) is 0 Å². The van der Waals surface area contributed by atoms with Crippen LogP contribution in [0.5, 0.6) is 0 Å². The molecule has 4 aliphatic rings. The Balaban J connectivity index is 1.61. The standard InChI is InChI=1S/C16H17F3N2O2/c1-23-15-6-14(7-15,8-15)12-13(22)20-5-9-4-10(16(17,18)19)2-3-11(9)21-12/h2-4,12,21H,5-8H2,1H3,(H,20,22). The SMILES string of the molecule is COC12CC(C3Nc4ccc(C(F)(F)F)cc4CNC3=O)(C1)C2. The number of carbonyl (C=O) groups is 1. The molecular formula is C16H17F3N2O2. The summed E-state index contributed by atoms with van der Waals surface area (Å²) in [4.78, 5) is 12.4. The van der Waals surface area contributed by atoms with E-state index in [1.807, 2.05) is 0 Å². The summed E-state index contributed by atoms with van der Waals surface area (Å²) in [5.41, 5.74) is 0.137. The Kier molecular flexibility index (Phi) is 2.84. The molecule has 0 saturated heterocycles. The van der Waals surface area contributed by atoms with Gasteiger partial charge in [-0.1, -0.05) is 0 Å². The molecule has 2 N–H and O–H groups in total. The molecule has 3 aliphatic carbocycles. The predicted molar refractivity (Wildman–Crippen MR) is 76.7 cm³/mol. The van der Waals surface area contributed by atoms with Crippen molar-refractivity contribution in [1.82, 2.24) is 5.32 Å². The molecule has 2 bridgehead atoms. The van der Waals surface area contributed by atoms with Gasteiger partial charge in [-0.2, -0.15) is 13.2 Å². The van der Waals surface area contributed by atoms with Gasteiger partial charge < -0.3 is 15.4 Å². The summed E-state index contributed by atoms with van der Waals surface area (Å²) in [6.45, 7) is 0.104. The molecule has 1 unspecified atom stereocenters. The maximum Gasteiger partial charge on any atom is 0.416 e. The average Bonchev–Trinajstić information content (AvgIpc) is 2.56. The molecule has 1 aromatic carbocycles. The van der Waals surface area contributed by atoms with Gasteiger partial charge in [0.05, 0.1) is 11.2 Å². The molecule has 5 rings (SSSR count). The summed E-state index contributed by atoms with van der Waals surface area (Å²) < 4.78 is 44.0. The first-order valence-corrected chi connectivity index (χ1v) is 7.57. The highest BCUT2D eigenvalue weighted by Gasteiger charge is 2.72. The summed E-state index contributed by atoms with van der Waals surface area (Å²) in [6.07, 6.45) is -1.93. The van der Waals surface area contributed by atoms with Crippen molar-refractivity contribution in [3.05, 3.63) is 29.3 Å². The number of benzene rings is 1. The second-order valence-electron chi connectivity index (χ2n) is 6.94. The van der Waals surface area contributed by atoms with Gasteiger partial charge in [0.1, 0.15) is 6.04 Å². The molecule has 7 heteroatoms. The van der Waals surface area contributed by atoms with E-state index in [2.05, 4.69) is 10.6 Å². The van der Waals surface area contributed by atoms with Crippen molar-refractivity contribution in [3.63, 3.8) is 0 Å². The molecule has 1 atom stereocenters. The summed E-state index contributed by atoms with van der Waals surface area (Å²) in [7, 11) is 1.68. The number of hydrogen-bond donors (Lipinski definition) is 2. The molecule has 23 heavy (non-hydrogen) atoms. The van der Waals surface area contributed by atoms with Crippen molar-refractivity contribution in [2.45, 2.75) is 43.6 Å². The molecule has 1 aliphatic heterocycles. The molecule has 3 saturated carbocycles. The normalized spacial score (nSPS) is 35.1. The predicted octanol–water partition coefficient (Wildman–Crippen LogP) is 2.68. The summed E-state index contributed by atoms with van der Waals surface area (Å²) >= 11 is 0. The number of amides is 1. The number of halogens is 3. The highest BCUT2D eigenvalue weighted by molar-refractivity contribution is 5.88. The minimum atomic E-state index is -4.39. The first-order valence-electron chi connectivity index (χ1n) is 7.57. The Morgan fingerprint density at radius 2 is 1.96 bits per heavy atom. The van der Waals surface area contributed by atoms with Gasteiger partial charge >= 0.3 is 6.18 Å². The van der Waals surface area contributed by atoms with E-state index in [4.69, 9.17) is 4.74 Å². The molecule has 0 radical (unpaired) electrons. The number of hydrogen-bond acceptors (Lipinski definition) is 3. The van der Waals surface area contributed by atoms with Crippen molar-refractivity contribution in [1.29, 1.82) is 0 Å². The lowest BCUT2D eigenvalue weighted by atomic mass is 9.38. The van der Waals surface area contributed by atoms with Crippen molar-refractivity contribution < 1.29 is 22.7 Å². The number of methoxy groups -OCH3 is 1. The minimum absolute atomic E-state index is 0.0861. The van der Waals surface area contributed by atoms with Crippen LogP contribution in [0, 0.1) is 5.41 Å². The van der Waals surface area contributed by atoms with E-state index in [0.29, 0.717) is 11.3 Å². The number of nitrogens with one attached hydrogen (secondary N) is 2. The molecule has 3 fully saturated rings. The lowest BCUT2D eigenvalue weighted by molar-refractivity contribution is -0.277. The van der Waals surface area contributed by atoms with Gasteiger partial charge in [-0.05, 0) is 43.0 Å². The molecule has 0 aromatic heterocycles. The van der Waals surface area contributed by atoms with Crippen LogP contribution in [0.3, 0.4) is 0 Å². The number of rotatable bonds is 2. The topological polar surface area (TPSA) is 50.4 Å². The first-order chi connectivity index (χ1) is 10.8. The van der Waals surface area contributed by atoms with Gasteiger partial charge in [0, 0.05) is 24.8 Å². The fourth-order valence-corrected chi connectivity index (χ4v) is 4.29. The fraction of sp³-hybridized carbons (Fsp3) is 0.562. The van der Waals surface area contributed by atoms with Crippen LogP contribution in [-0.4, -0.2) is 24.7 Å². The lowest BCUT2D eigenvalue weighted by Gasteiger charge is -2.71. The van der Waals surface area contributed by atoms with Crippen LogP contribution < -0.4 is 10.6 Å². The molecule has 1 heterocycles. The highest BCUT2D eigenvalue weighted by atomic mass is 19.4. The molecule has 1 aromatic rings. The minimum Gasteiger partial charge on any atom is -0.378 e. The molecule has 124 valence electrons. The number of anilines is 1. The quantitative estimate of drug-likeness (QED) is 0.878. The Morgan fingerprint density at radius 1 is 1.26 bits per heavy atom. The third kappa shape index (κ3) is 2.06. The smallest absolute Gasteiger partial charge is 0.378 e. The Hall–Kier alpha value is -1.76. The van der Waals surface area contributed by atoms with Crippen LogP contribution in [0.4, 0.5) is 18.9 Å². The zero-order chi connectivity index (χ0) is 16.5. The Morgan fingerprint density at radius 3 is 2.57 bits per heavy atom. The van der Waals surface area contributed by atoms with E-state index >= 15 is 0 Å². The van der Waals surface area contributed by atoms with Crippen molar-refractivity contribution in [2.75, 3.05) is 12.4 Å². The zero-order valence-corrected chi connectivity index (χ0v) is 12.6. The Labute approximate surface area is 131 Å². The number of fused-ring (bicyclic) bond motifs is 1. The summed E-state index contributed by atoms with van der Waals surface area (Å²) in [5, 5.41) is 5.92. The van der Waals surface area contributed by atoms with E-state index < -0.39 is 17.8 Å². The largest absolute Gasteiger partial charge is 0.416 e. The van der Waals surface area contributed by atoms with Gasteiger partial charge in [0.15, 0.2) is 0 Å². The monoisotopic (exact) mass is 326 g/mol. The van der Waals surface area contributed by atoms with Crippen molar-refractivity contribution in [3.8, 4) is 0 Å². The molecule has 1 amide bonds. The number of ether oxygens (including phenoxy) is 1. The summed E-state index contributed by atoms with van der Waals surface area (Å²) in [5.74, 6) is -0.154. The third-order valence-corrected chi connectivity index (χ3v) is 5.52. The van der Waals surface area contributed by atoms with Crippen LogP contribution in [0.25, 0.3) is 0 Å². The van der Waals surface area contributed by atoms with E-state index in [1.165, 1.54) is 6.07 Å². The van der Waals surface area contributed by atoms with Gasteiger partial charge in [-0.3, -0.25) is 4.79 Å². The van der Waals surface area contributed by atoms with Crippen LogP contribution >= 0.6 is 0 Å². The fourth-order valence-electron chi connectivity index (χ4n) is 4.29. The maximum atomic E-state index is 12.8. The average molecular weight is 326 g/mol. The van der Waals surface area contributed by atoms with E-state index in [0.717, 1.165) is 31.4 Å². The maximum absolute atomic E-state index is 12.8. The second kappa shape index (κ2) is 4.41. The van der Waals surface area contributed by atoms with Crippen molar-refractivity contribution in [2.24, 2.45) is 5.41 Å². The van der Waals surface area contributed by atoms with E-state index in [1.54, 1.807) is 7.11 Å². The van der Waals surface area contributed by atoms with Crippen LogP contribution in [0.1, 0.15) is 30.4 Å². The van der Waals surface area contributed by atoms with Gasteiger partial charge in [0.2, 0.25) is 5.91 Å². The van der Waals surface area contributed by atoms with Crippen LogP contribution in [-0.2, 0) is 22.3 Å². The Bertz CT molecular complexity index is 667. The lowest BCUT2D eigenvalue weighted by Crippen LogP contribution is -2.75. The van der Waals surface area contributed by atoms with Crippen molar-refractivity contribution >= 4 is 11.6 Å². The van der Waals surface area contributed by atoms with Crippen LogP contribution in [0.2, 0.25) is 0 Å². The van der Waals surface area contributed by atoms with E-state index in [9.17, 15) is 18.0 Å². The third-order valence-electron chi connectivity index (χ3n) is 5.52. The molecule has 4 nitrogen and oxygen atoms in total. The molecule has 0 spiro atoms. The van der Waals surface area contributed by atoms with Gasteiger partial charge in [-0.15, -0.1) is 0 Å². The highest BCUT2D eigenvalue weighted by Crippen LogP contribution is 2.70. The van der Waals surface area contributed by atoms with Gasteiger partial charge in [0.25, 0.3) is 0 Å².